The van der Waals surface area contributed by atoms with Crippen LogP contribution in [0.15, 0.2) is 35.4 Å². The third-order valence-electron chi connectivity index (χ3n) is 2.80. The van der Waals surface area contributed by atoms with Crippen LogP contribution in [0.4, 0.5) is 5.69 Å². The Morgan fingerprint density at radius 1 is 1.18 bits per heavy atom. The molecule has 114 valence electrons. The number of nitrogens with two attached hydrogens (primary N) is 1. The molecule has 5 nitrogen and oxygen atoms in total. The normalized spacial score (nSPS) is 11.4. The number of benzene rings is 1. The molecule has 3 N–H and O–H groups in total. The smallest absolute Gasteiger partial charge is 0.291 e. The van der Waals surface area contributed by atoms with Gasteiger partial charge in [0.1, 0.15) is 5.02 Å². The first-order chi connectivity index (χ1) is 10.4. The lowest BCUT2D eigenvalue weighted by molar-refractivity contribution is 0.0950. The lowest BCUT2D eigenvalue weighted by atomic mass is 10.1. The van der Waals surface area contributed by atoms with Gasteiger partial charge in [0.05, 0.1) is 16.4 Å². The standard InChI is InChI=1S/C14H11Cl3N4O/c1-7(8-5-3-2-4-6-8)20-21-14(22)12-9(15)11(18)10(16)13(17)19-12/h2-6H,1H3,(H2,18,19)(H,21,22)/b20-7-. The molecule has 1 amide bonds. The number of anilines is 1. The van der Waals surface area contributed by atoms with Gasteiger partial charge in [0.25, 0.3) is 5.91 Å². The van der Waals surface area contributed by atoms with Gasteiger partial charge in [0.15, 0.2) is 10.8 Å². The van der Waals surface area contributed by atoms with Crippen LogP contribution in [0.2, 0.25) is 15.2 Å². The maximum atomic E-state index is 12.1. The molecule has 0 saturated heterocycles. The van der Waals surface area contributed by atoms with Crippen molar-refractivity contribution >= 4 is 52.1 Å². The van der Waals surface area contributed by atoms with Crippen LogP contribution in [-0.4, -0.2) is 16.6 Å². The lowest BCUT2D eigenvalue weighted by Crippen LogP contribution is -2.21. The zero-order valence-electron chi connectivity index (χ0n) is 11.4. The highest BCUT2D eigenvalue weighted by Gasteiger charge is 2.19. The van der Waals surface area contributed by atoms with Crippen LogP contribution in [0.5, 0.6) is 0 Å². The predicted molar refractivity (Wildman–Crippen MR) is 89.8 cm³/mol. The highest BCUT2D eigenvalue weighted by Crippen LogP contribution is 2.34. The molecule has 0 aliphatic heterocycles. The van der Waals surface area contributed by atoms with Crippen LogP contribution in [-0.2, 0) is 0 Å². The lowest BCUT2D eigenvalue weighted by Gasteiger charge is -2.08. The van der Waals surface area contributed by atoms with Crippen molar-refractivity contribution in [3.8, 4) is 0 Å². The molecule has 2 aromatic rings. The van der Waals surface area contributed by atoms with E-state index in [9.17, 15) is 4.79 Å². The molecule has 22 heavy (non-hydrogen) atoms. The zero-order valence-corrected chi connectivity index (χ0v) is 13.7. The van der Waals surface area contributed by atoms with Crippen LogP contribution >= 0.6 is 34.8 Å². The van der Waals surface area contributed by atoms with Gasteiger partial charge in [-0.3, -0.25) is 4.79 Å². The fraction of sp³-hybridized carbons (Fsp3) is 0.0714. The van der Waals surface area contributed by atoms with Gasteiger partial charge < -0.3 is 5.73 Å². The number of hydrogen-bond acceptors (Lipinski definition) is 4. The number of carbonyl (C=O) groups excluding carboxylic acids is 1. The number of nitrogen functional groups attached to an aromatic ring is 1. The van der Waals surface area contributed by atoms with Crippen molar-refractivity contribution in [2.75, 3.05) is 5.73 Å². The number of hydrogen-bond donors (Lipinski definition) is 2. The highest BCUT2D eigenvalue weighted by molar-refractivity contribution is 6.46. The molecule has 0 aliphatic rings. The van der Waals surface area contributed by atoms with E-state index in [-0.39, 0.29) is 26.6 Å². The number of hydrazone groups is 1. The maximum absolute atomic E-state index is 12.1. The molecule has 0 aliphatic carbocycles. The summed E-state index contributed by atoms with van der Waals surface area (Å²) < 4.78 is 0. The van der Waals surface area contributed by atoms with E-state index in [2.05, 4.69) is 15.5 Å². The van der Waals surface area contributed by atoms with Crippen molar-refractivity contribution in [2.24, 2.45) is 5.10 Å². The topological polar surface area (TPSA) is 80.4 Å². The Morgan fingerprint density at radius 3 is 2.45 bits per heavy atom. The molecule has 0 spiro atoms. The Bertz CT molecular complexity index is 747. The largest absolute Gasteiger partial charge is 0.396 e. The van der Waals surface area contributed by atoms with Crippen LogP contribution in [0, 0.1) is 0 Å². The van der Waals surface area contributed by atoms with E-state index in [1.807, 2.05) is 30.3 Å². The minimum Gasteiger partial charge on any atom is -0.396 e. The quantitative estimate of drug-likeness (QED) is 0.498. The van der Waals surface area contributed by atoms with Gasteiger partial charge in [-0.25, -0.2) is 10.4 Å². The van der Waals surface area contributed by atoms with Crippen molar-refractivity contribution in [3.63, 3.8) is 0 Å². The molecule has 8 heteroatoms. The second kappa shape index (κ2) is 6.96. The van der Waals surface area contributed by atoms with Crippen molar-refractivity contribution in [1.29, 1.82) is 0 Å². The second-order valence-electron chi connectivity index (χ2n) is 4.30. The van der Waals surface area contributed by atoms with E-state index in [1.54, 1.807) is 6.92 Å². The average molecular weight is 358 g/mol. The maximum Gasteiger partial charge on any atom is 0.291 e. The van der Waals surface area contributed by atoms with Gasteiger partial charge >= 0.3 is 0 Å². The number of rotatable bonds is 3. The summed E-state index contributed by atoms with van der Waals surface area (Å²) in [7, 11) is 0. The van der Waals surface area contributed by atoms with E-state index in [0.717, 1.165) is 5.56 Å². The molecule has 0 bridgehead atoms. The van der Waals surface area contributed by atoms with Gasteiger partial charge in [-0.15, -0.1) is 0 Å². The SMILES string of the molecule is C/C(=N/NC(=O)c1nc(Cl)c(Cl)c(N)c1Cl)c1ccccc1. The number of nitrogens with one attached hydrogen (secondary N) is 1. The molecule has 1 aromatic heterocycles. The minimum absolute atomic E-state index is 0.00255. The fourth-order valence-electron chi connectivity index (χ4n) is 1.61. The summed E-state index contributed by atoms with van der Waals surface area (Å²) in [4.78, 5) is 15.9. The van der Waals surface area contributed by atoms with Gasteiger partial charge in [-0.1, -0.05) is 65.1 Å². The number of amides is 1. The van der Waals surface area contributed by atoms with E-state index < -0.39 is 5.91 Å². The average Bonchev–Trinajstić information content (AvgIpc) is 2.54. The van der Waals surface area contributed by atoms with Crippen molar-refractivity contribution < 1.29 is 4.79 Å². The molecule has 0 saturated carbocycles. The zero-order chi connectivity index (χ0) is 16.3. The first-order valence-corrected chi connectivity index (χ1v) is 7.25. The fourth-order valence-corrected chi connectivity index (χ4v) is 2.21. The Hall–Kier alpha value is -1.82. The van der Waals surface area contributed by atoms with Crippen LogP contribution < -0.4 is 11.2 Å². The predicted octanol–water partition coefficient (Wildman–Crippen LogP) is 3.78. The third kappa shape index (κ3) is 3.50. The monoisotopic (exact) mass is 356 g/mol. The summed E-state index contributed by atoms with van der Waals surface area (Å²) in [6.07, 6.45) is 0. The molecular weight excluding hydrogens is 347 g/mol. The Labute approximate surface area is 142 Å². The summed E-state index contributed by atoms with van der Waals surface area (Å²) in [5.41, 5.74) is 9.37. The van der Waals surface area contributed by atoms with Gasteiger partial charge in [0, 0.05) is 0 Å². The van der Waals surface area contributed by atoms with E-state index in [0.29, 0.717) is 5.71 Å². The first kappa shape index (κ1) is 16.5. The summed E-state index contributed by atoms with van der Waals surface area (Å²) in [6, 6.07) is 9.36. The van der Waals surface area contributed by atoms with E-state index >= 15 is 0 Å². The van der Waals surface area contributed by atoms with Gasteiger partial charge in [-0.2, -0.15) is 5.10 Å². The number of carbonyl (C=O) groups is 1. The Kier molecular flexibility index (Phi) is 5.24. The van der Waals surface area contributed by atoms with Gasteiger partial charge in [0.2, 0.25) is 0 Å². The van der Waals surface area contributed by atoms with Crippen LogP contribution in [0.3, 0.4) is 0 Å². The Morgan fingerprint density at radius 2 is 1.82 bits per heavy atom. The van der Waals surface area contributed by atoms with E-state index in [1.165, 1.54) is 0 Å². The number of aromatic nitrogens is 1. The summed E-state index contributed by atoms with van der Waals surface area (Å²) in [6.45, 7) is 1.76. The summed E-state index contributed by atoms with van der Waals surface area (Å²) in [5, 5.41) is 3.83. The second-order valence-corrected chi connectivity index (χ2v) is 5.41. The van der Waals surface area contributed by atoms with Gasteiger partial charge in [-0.05, 0) is 12.5 Å². The molecule has 2 rings (SSSR count). The molecule has 1 heterocycles. The first-order valence-electron chi connectivity index (χ1n) is 6.11. The van der Waals surface area contributed by atoms with Crippen LogP contribution in [0.25, 0.3) is 0 Å². The number of pyridine rings is 1. The van der Waals surface area contributed by atoms with Crippen molar-refractivity contribution in [3.05, 3.63) is 56.8 Å². The minimum atomic E-state index is -0.634. The number of nitrogens with zero attached hydrogens (tertiary/aromatic N) is 2. The molecule has 1 aromatic carbocycles. The summed E-state index contributed by atoms with van der Waals surface area (Å²) in [5.74, 6) is -0.634. The molecule has 0 atom stereocenters. The highest BCUT2D eigenvalue weighted by atomic mass is 35.5. The Balaban J connectivity index is 2.24. The third-order valence-corrected chi connectivity index (χ3v) is 3.94. The molecule has 0 radical (unpaired) electrons. The van der Waals surface area contributed by atoms with Crippen molar-refractivity contribution in [2.45, 2.75) is 6.92 Å². The molecular formula is C14H11Cl3N4O. The number of halogens is 3. The molecule has 0 fully saturated rings. The van der Waals surface area contributed by atoms with Crippen LogP contribution in [0.1, 0.15) is 23.0 Å². The van der Waals surface area contributed by atoms with Crippen molar-refractivity contribution in [1.82, 2.24) is 10.4 Å². The molecule has 0 unspecified atom stereocenters. The summed E-state index contributed by atoms with van der Waals surface area (Å²) >= 11 is 17.6. The van der Waals surface area contributed by atoms with E-state index in [4.69, 9.17) is 40.5 Å².